The summed E-state index contributed by atoms with van der Waals surface area (Å²) in [6.07, 6.45) is 1.56. The second-order valence-corrected chi connectivity index (χ2v) is 3.93. The van der Waals surface area contributed by atoms with Crippen molar-refractivity contribution in [1.29, 1.82) is 0 Å². The van der Waals surface area contributed by atoms with Crippen molar-refractivity contribution in [3.63, 3.8) is 0 Å². The van der Waals surface area contributed by atoms with Gasteiger partial charge in [0.05, 0.1) is 11.1 Å². The molecule has 0 saturated heterocycles. The molecular weight excluding hydrogens is 244 g/mol. The molecule has 0 aliphatic heterocycles. The van der Waals surface area contributed by atoms with Gasteiger partial charge in [0.25, 0.3) is 0 Å². The lowest BCUT2D eigenvalue weighted by Gasteiger charge is -2.08. The second kappa shape index (κ2) is 5.35. The summed E-state index contributed by atoms with van der Waals surface area (Å²) in [5.74, 6) is -2.08. The Balaban J connectivity index is 2.42. The minimum Gasteiger partial charge on any atom is -0.478 e. The van der Waals surface area contributed by atoms with Gasteiger partial charge in [-0.3, -0.25) is 0 Å². The molecule has 0 unspecified atom stereocenters. The first kappa shape index (κ1) is 12.8. The second-order valence-electron chi connectivity index (χ2n) is 3.93. The van der Waals surface area contributed by atoms with Crippen molar-refractivity contribution < 1.29 is 19.8 Å². The molecule has 0 aliphatic rings. The number of aromatic carboxylic acids is 2. The first-order valence-corrected chi connectivity index (χ1v) is 5.59. The standard InChI is InChI=1S/C15H11O4/c16-14(17)12-7-3-1-5-10(12)9-11-6-2-4-8-13(11)15(18)19/h1-9H,(H,16,17)(H,18,19). The molecule has 0 heterocycles. The first-order valence-electron chi connectivity index (χ1n) is 5.59. The van der Waals surface area contributed by atoms with E-state index in [4.69, 9.17) is 10.2 Å². The van der Waals surface area contributed by atoms with E-state index >= 15 is 0 Å². The smallest absolute Gasteiger partial charge is 0.335 e. The van der Waals surface area contributed by atoms with E-state index in [9.17, 15) is 9.59 Å². The number of carboxylic acids is 2. The summed E-state index contributed by atoms with van der Waals surface area (Å²) in [5.41, 5.74) is 1.23. The summed E-state index contributed by atoms with van der Waals surface area (Å²) < 4.78 is 0. The average molecular weight is 255 g/mol. The van der Waals surface area contributed by atoms with E-state index in [1.54, 1.807) is 42.8 Å². The Hall–Kier alpha value is -2.62. The summed E-state index contributed by atoms with van der Waals surface area (Å²) in [6, 6.07) is 12.9. The highest BCUT2D eigenvalue weighted by Gasteiger charge is 2.14. The lowest BCUT2D eigenvalue weighted by molar-refractivity contribution is 0.0686. The molecule has 4 nitrogen and oxygen atoms in total. The van der Waals surface area contributed by atoms with E-state index in [-0.39, 0.29) is 11.1 Å². The van der Waals surface area contributed by atoms with Crippen LogP contribution in [0.2, 0.25) is 0 Å². The topological polar surface area (TPSA) is 74.6 Å². The molecule has 1 radical (unpaired) electrons. The molecule has 2 rings (SSSR count). The molecule has 0 atom stereocenters. The van der Waals surface area contributed by atoms with E-state index in [1.165, 1.54) is 12.1 Å². The molecule has 0 spiro atoms. The fraction of sp³-hybridized carbons (Fsp3) is 0. The predicted octanol–water partition coefficient (Wildman–Crippen LogP) is 2.68. The third kappa shape index (κ3) is 2.80. The number of carboxylic acid groups (broad SMARTS) is 2. The largest absolute Gasteiger partial charge is 0.478 e. The number of hydrogen-bond acceptors (Lipinski definition) is 2. The summed E-state index contributed by atoms with van der Waals surface area (Å²) in [6.45, 7) is 0. The Morgan fingerprint density at radius 2 is 1.11 bits per heavy atom. The predicted molar refractivity (Wildman–Crippen MR) is 69.3 cm³/mol. The van der Waals surface area contributed by atoms with Crippen molar-refractivity contribution in [3.05, 3.63) is 77.2 Å². The maximum atomic E-state index is 11.1. The zero-order valence-electron chi connectivity index (χ0n) is 9.91. The quantitative estimate of drug-likeness (QED) is 0.880. The molecule has 0 saturated carbocycles. The van der Waals surface area contributed by atoms with Crippen LogP contribution in [0, 0.1) is 6.42 Å². The fourth-order valence-corrected chi connectivity index (χ4v) is 1.80. The zero-order valence-corrected chi connectivity index (χ0v) is 9.91. The molecular formula is C15H11O4. The van der Waals surface area contributed by atoms with Crippen molar-refractivity contribution in [2.24, 2.45) is 0 Å². The van der Waals surface area contributed by atoms with E-state index in [0.29, 0.717) is 11.1 Å². The third-order valence-corrected chi connectivity index (χ3v) is 2.69. The van der Waals surface area contributed by atoms with Gasteiger partial charge >= 0.3 is 11.9 Å². The van der Waals surface area contributed by atoms with Crippen LogP contribution in [0.4, 0.5) is 0 Å². The molecule has 0 aliphatic carbocycles. The Morgan fingerprint density at radius 3 is 1.47 bits per heavy atom. The SMILES string of the molecule is O=C(O)c1ccccc1[CH]c1ccccc1C(=O)O. The van der Waals surface area contributed by atoms with Gasteiger partial charge in [0.2, 0.25) is 0 Å². The van der Waals surface area contributed by atoms with Gasteiger partial charge in [-0.25, -0.2) is 9.59 Å². The van der Waals surface area contributed by atoms with Gasteiger partial charge in [-0.05, 0) is 23.3 Å². The maximum Gasteiger partial charge on any atom is 0.335 e. The normalized spacial score (nSPS) is 10.1. The van der Waals surface area contributed by atoms with Gasteiger partial charge in [0.1, 0.15) is 0 Å². The first-order chi connectivity index (χ1) is 9.09. The summed E-state index contributed by atoms with van der Waals surface area (Å²) in [4.78, 5) is 22.2. The van der Waals surface area contributed by atoms with Crippen molar-refractivity contribution >= 4 is 11.9 Å². The van der Waals surface area contributed by atoms with Crippen LogP contribution in [-0.2, 0) is 0 Å². The molecule has 2 aromatic rings. The molecule has 0 bridgehead atoms. The van der Waals surface area contributed by atoms with Crippen molar-refractivity contribution in [1.82, 2.24) is 0 Å². The molecule has 2 aromatic carbocycles. The highest BCUT2D eigenvalue weighted by molar-refractivity contribution is 5.92. The molecule has 19 heavy (non-hydrogen) atoms. The van der Waals surface area contributed by atoms with Crippen LogP contribution in [0.1, 0.15) is 31.8 Å². The van der Waals surface area contributed by atoms with Crippen LogP contribution in [-0.4, -0.2) is 22.2 Å². The van der Waals surface area contributed by atoms with Crippen molar-refractivity contribution in [2.45, 2.75) is 0 Å². The molecule has 2 N–H and O–H groups in total. The Bertz CT molecular complexity index is 576. The van der Waals surface area contributed by atoms with Crippen LogP contribution >= 0.6 is 0 Å². The van der Waals surface area contributed by atoms with Crippen LogP contribution in [0.5, 0.6) is 0 Å². The van der Waals surface area contributed by atoms with Crippen LogP contribution in [0.3, 0.4) is 0 Å². The van der Waals surface area contributed by atoms with E-state index in [1.807, 2.05) is 0 Å². The van der Waals surface area contributed by atoms with Gasteiger partial charge in [0, 0.05) is 6.42 Å². The molecule has 0 amide bonds. The van der Waals surface area contributed by atoms with E-state index in [0.717, 1.165) is 0 Å². The van der Waals surface area contributed by atoms with Crippen LogP contribution < -0.4 is 0 Å². The highest BCUT2D eigenvalue weighted by Crippen LogP contribution is 2.19. The summed E-state index contributed by atoms with van der Waals surface area (Å²) in [7, 11) is 0. The zero-order chi connectivity index (χ0) is 13.8. The monoisotopic (exact) mass is 255 g/mol. The van der Waals surface area contributed by atoms with Gasteiger partial charge in [-0.2, -0.15) is 0 Å². The summed E-state index contributed by atoms with van der Waals surface area (Å²) >= 11 is 0. The van der Waals surface area contributed by atoms with E-state index in [2.05, 4.69) is 0 Å². The molecule has 4 heteroatoms. The van der Waals surface area contributed by atoms with E-state index < -0.39 is 11.9 Å². The van der Waals surface area contributed by atoms with Gasteiger partial charge < -0.3 is 10.2 Å². The summed E-state index contributed by atoms with van der Waals surface area (Å²) in [5, 5.41) is 18.2. The third-order valence-electron chi connectivity index (χ3n) is 2.69. The Labute approximate surface area is 109 Å². The minimum absolute atomic E-state index is 0.141. The average Bonchev–Trinajstić information content (AvgIpc) is 2.39. The highest BCUT2D eigenvalue weighted by atomic mass is 16.4. The number of rotatable bonds is 4. The Kier molecular flexibility index (Phi) is 3.61. The lowest BCUT2D eigenvalue weighted by atomic mass is 9.96. The van der Waals surface area contributed by atoms with Crippen LogP contribution in [0.15, 0.2) is 48.5 Å². The van der Waals surface area contributed by atoms with Gasteiger partial charge in [-0.15, -0.1) is 0 Å². The Morgan fingerprint density at radius 1 is 0.737 bits per heavy atom. The molecule has 0 fully saturated rings. The van der Waals surface area contributed by atoms with Crippen molar-refractivity contribution in [3.8, 4) is 0 Å². The number of carbonyl (C=O) groups is 2. The van der Waals surface area contributed by atoms with Crippen molar-refractivity contribution in [2.75, 3.05) is 0 Å². The molecule has 0 aromatic heterocycles. The fourth-order valence-electron chi connectivity index (χ4n) is 1.80. The lowest BCUT2D eigenvalue weighted by Crippen LogP contribution is -2.05. The number of hydrogen-bond donors (Lipinski definition) is 2. The minimum atomic E-state index is -1.04. The number of benzene rings is 2. The van der Waals surface area contributed by atoms with Crippen LogP contribution in [0.25, 0.3) is 0 Å². The maximum absolute atomic E-state index is 11.1. The molecule has 95 valence electrons. The van der Waals surface area contributed by atoms with Gasteiger partial charge in [0.15, 0.2) is 0 Å². The van der Waals surface area contributed by atoms with Gasteiger partial charge in [-0.1, -0.05) is 36.4 Å².